The van der Waals surface area contributed by atoms with Crippen molar-refractivity contribution in [3.63, 3.8) is 0 Å². The zero-order chi connectivity index (χ0) is 14.9. The lowest BCUT2D eigenvalue weighted by molar-refractivity contribution is -0.142. The average molecular weight is 286 g/mol. The Hall–Kier alpha value is -2.51. The van der Waals surface area contributed by atoms with Gasteiger partial charge in [0.15, 0.2) is 5.69 Å². The highest BCUT2D eigenvalue weighted by atomic mass is 19.4. The summed E-state index contributed by atoms with van der Waals surface area (Å²) in [5.74, 6) is -1.39. The minimum atomic E-state index is -4.73. The number of ether oxygens (including phenoxy) is 1. The number of nitrogens with zero attached hydrogens (tertiary/aromatic N) is 2. The number of hydrogen-bond acceptors (Lipinski definition) is 4. The van der Waals surface area contributed by atoms with Crippen LogP contribution in [0.25, 0.3) is 5.69 Å². The van der Waals surface area contributed by atoms with Gasteiger partial charge in [-0.25, -0.2) is 9.48 Å². The molecule has 5 nitrogen and oxygen atoms in total. The Morgan fingerprint density at radius 1 is 1.35 bits per heavy atom. The number of phenols is 1. The number of carbonyl (C=O) groups excluding carboxylic acids is 1. The number of carbonyl (C=O) groups is 1. The first-order valence-electron chi connectivity index (χ1n) is 5.38. The van der Waals surface area contributed by atoms with E-state index < -0.39 is 29.3 Å². The van der Waals surface area contributed by atoms with Crippen molar-refractivity contribution < 1.29 is 27.8 Å². The van der Waals surface area contributed by atoms with Gasteiger partial charge in [-0.1, -0.05) is 12.1 Å². The molecule has 1 heterocycles. The summed E-state index contributed by atoms with van der Waals surface area (Å²) in [5.41, 5.74) is -1.86. The summed E-state index contributed by atoms with van der Waals surface area (Å²) in [7, 11) is 1.04. The molecule has 2 aromatic rings. The zero-order valence-corrected chi connectivity index (χ0v) is 10.2. The number of halogens is 3. The third kappa shape index (κ3) is 2.44. The highest BCUT2D eigenvalue weighted by Gasteiger charge is 2.37. The molecule has 0 aliphatic rings. The van der Waals surface area contributed by atoms with Gasteiger partial charge in [0.25, 0.3) is 0 Å². The lowest BCUT2D eigenvalue weighted by Gasteiger charge is -2.10. The lowest BCUT2D eigenvalue weighted by atomic mass is 10.3. The number of rotatable bonds is 2. The van der Waals surface area contributed by atoms with Crippen LogP contribution in [-0.4, -0.2) is 28.0 Å². The van der Waals surface area contributed by atoms with Crippen LogP contribution < -0.4 is 0 Å². The van der Waals surface area contributed by atoms with Gasteiger partial charge >= 0.3 is 12.1 Å². The third-order valence-corrected chi connectivity index (χ3v) is 2.50. The van der Waals surface area contributed by atoms with Crippen LogP contribution in [0.5, 0.6) is 5.75 Å². The van der Waals surface area contributed by atoms with Crippen LogP contribution in [0.2, 0.25) is 0 Å². The largest absolute Gasteiger partial charge is 0.506 e. The molecule has 0 unspecified atom stereocenters. The third-order valence-electron chi connectivity index (χ3n) is 2.50. The van der Waals surface area contributed by atoms with E-state index in [0.717, 1.165) is 7.11 Å². The molecule has 0 atom stereocenters. The Kier molecular flexibility index (Phi) is 3.39. The summed E-state index contributed by atoms with van der Waals surface area (Å²) in [6.45, 7) is 0. The molecule has 0 radical (unpaired) electrons. The Morgan fingerprint density at radius 3 is 2.55 bits per heavy atom. The second-order valence-electron chi connectivity index (χ2n) is 3.80. The van der Waals surface area contributed by atoms with Gasteiger partial charge in [-0.2, -0.15) is 18.3 Å². The Morgan fingerprint density at radius 2 is 2.00 bits per heavy atom. The predicted molar refractivity (Wildman–Crippen MR) is 61.6 cm³/mol. The van der Waals surface area contributed by atoms with Crippen molar-refractivity contribution in [2.75, 3.05) is 7.11 Å². The molecule has 106 valence electrons. The summed E-state index contributed by atoms with van der Waals surface area (Å²) in [6.07, 6.45) is -4.73. The van der Waals surface area contributed by atoms with Gasteiger partial charge < -0.3 is 9.84 Å². The summed E-state index contributed by atoms with van der Waals surface area (Å²) in [4.78, 5) is 11.3. The number of alkyl halides is 3. The minimum absolute atomic E-state index is 0.185. The van der Waals surface area contributed by atoms with Crippen LogP contribution in [0.15, 0.2) is 30.3 Å². The molecule has 0 spiro atoms. The lowest BCUT2D eigenvalue weighted by Crippen LogP contribution is -2.13. The van der Waals surface area contributed by atoms with Crippen LogP contribution in [0, 0.1) is 0 Å². The van der Waals surface area contributed by atoms with Gasteiger partial charge in [-0.15, -0.1) is 0 Å². The Labute approximate surface area is 111 Å². The van der Waals surface area contributed by atoms with Crippen molar-refractivity contribution in [2.45, 2.75) is 6.18 Å². The van der Waals surface area contributed by atoms with Crippen molar-refractivity contribution in [1.29, 1.82) is 0 Å². The fraction of sp³-hybridized carbons (Fsp3) is 0.167. The molecule has 1 aromatic heterocycles. The minimum Gasteiger partial charge on any atom is -0.506 e. The number of para-hydroxylation sites is 2. The Balaban J connectivity index is 2.65. The van der Waals surface area contributed by atoms with Crippen molar-refractivity contribution in [3.05, 3.63) is 41.7 Å². The average Bonchev–Trinajstić information content (AvgIpc) is 2.83. The maximum Gasteiger partial charge on any atom is 0.433 e. The fourth-order valence-corrected chi connectivity index (χ4v) is 1.61. The molecule has 0 aliphatic heterocycles. The maximum atomic E-state index is 13.0. The van der Waals surface area contributed by atoms with Crippen molar-refractivity contribution in [2.24, 2.45) is 0 Å². The van der Waals surface area contributed by atoms with E-state index in [0.29, 0.717) is 10.7 Å². The van der Waals surface area contributed by atoms with E-state index in [4.69, 9.17) is 0 Å². The molecule has 0 aliphatic carbocycles. The highest BCUT2D eigenvalue weighted by Crippen LogP contribution is 2.33. The van der Waals surface area contributed by atoms with E-state index in [1.807, 2.05) is 0 Å². The van der Waals surface area contributed by atoms with Gasteiger partial charge in [-0.3, -0.25) is 0 Å². The SMILES string of the molecule is COC(=O)c1cc(C(F)(F)F)n(-c2ccccc2O)n1. The number of hydrogen-bond donors (Lipinski definition) is 1. The van der Waals surface area contributed by atoms with Crippen LogP contribution >= 0.6 is 0 Å². The van der Waals surface area contributed by atoms with E-state index in [9.17, 15) is 23.1 Å². The van der Waals surface area contributed by atoms with Gasteiger partial charge in [0.2, 0.25) is 0 Å². The zero-order valence-electron chi connectivity index (χ0n) is 10.2. The van der Waals surface area contributed by atoms with Crippen molar-refractivity contribution in [3.8, 4) is 11.4 Å². The first kappa shape index (κ1) is 13.9. The molecule has 0 fully saturated rings. The molecule has 0 saturated heterocycles. The standard InChI is InChI=1S/C12H9F3N2O3/c1-20-11(19)7-6-10(12(13,14)15)17(16-7)8-4-2-3-5-9(8)18/h2-6,18H,1H3. The van der Waals surface area contributed by atoms with E-state index in [-0.39, 0.29) is 5.69 Å². The number of esters is 1. The van der Waals surface area contributed by atoms with Crippen LogP contribution in [0.4, 0.5) is 13.2 Å². The first-order chi connectivity index (χ1) is 9.34. The molecular formula is C12H9F3N2O3. The predicted octanol–water partition coefficient (Wildman–Crippen LogP) is 2.38. The van der Waals surface area contributed by atoms with E-state index in [1.54, 1.807) is 0 Å². The Bertz CT molecular complexity index is 650. The normalized spacial score (nSPS) is 11.4. The summed E-state index contributed by atoms with van der Waals surface area (Å²) in [6, 6.07) is 5.93. The quantitative estimate of drug-likeness (QED) is 0.861. The molecule has 0 bridgehead atoms. The van der Waals surface area contributed by atoms with Gasteiger partial charge in [0, 0.05) is 6.07 Å². The number of benzene rings is 1. The summed E-state index contributed by atoms with van der Waals surface area (Å²) >= 11 is 0. The smallest absolute Gasteiger partial charge is 0.433 e. The molecule has 0 amide bonds. The number of methoxy groups -OCH3 is 1. The fourth-order valence-electron chi connectivity index (χ4n) is 1.61. The van der Waals surface area contributed by atoms with Gasteiger partial charge in [-0.05, 0) is 12.1 Å². The second kappa shape index (κ2) is 4.87. The van der Waals surface area contributed by atoms with Gasteiger partial charge in [0.05, 0.1) is 7.11 Å². The van der Waals surface area contributed by atoms with E-state index in [1.165, 1.54) is 24.3 Å². The summed E-state index contributed by atoms with van der Waals surface area (Å²) < 4.78 is 43.7. The van der Waals surface area contributed by atoms with Crippen LogP contribution in [-0.2, 0) is 10.9 Å². The molecule has 1 N–H and O–H groups in total. The molecule has 0 saturated carbocycles. The number of aromatic nitrogens is 2. The topological polar surface area (TPSA) is 64.3 Å². The van der Waals surface area contributed by atoms with Crippen molar-refractivity contribution >= 4 is 5.97 Å². The monoisotopic (exact) mass is 286 g/mol. The summed E-state index contributed by atoms with van der Waals surface area (Å²) in [5, 5.41) is 13.2. The van der Waals surface area contributed by atoms with Gasteiger partial charge in [0.1, 0.15) is 17.1 Å². The molecule has 2 rings (SSSR count). The molecular weight excluding hydrogens is 277 g/mol. The maximum absolute atomic E-state index is 13.0. The first-order valence-corrected chi connectivity index (χ1v) is 5.38. The molecule has 8 heteroatoms. The number of phenolic OH excluding ortho intramolecular Hbond substituents is 1. The second-order valence-corrected chi connectivity index (χ2v) is 3.80. The van der Waals surface area contributed by atoms with Crippen LogP contribution in [0.1, 0.15) is 16.2 Å². The molecule has 20 heavy (non-hydrogen) atoms. The molecule has 1 aromatic carbocycles. The highest BCUT2D eigenvalue weighted by molar-refractivity contribution is 5.87. The van der Waals surface area contributed by atoms with E-state index in [2.05, 4.69) is 9.84 Å². The van der Waals surface area contributed by atoms with Crippen molar-refractivity contribution in [1.82, 2.24) is 9.78 Å². The number of aromatic hydroxyl groups is 1. The van der Waals surface area contributed by atoms with E-state index >= 15 is 0 Å². The van der Waals surface area contributed by atoms with Crippen LogP contribution in [0.3, 0.4) is 0 Å².